The third-order valence-corrected chi connectivity index (χ3v) is 3.00. The number of aryl methyl sites for hydroxylation is 1. The van der Waals surface area contributed by atoms with E-state index in [1.807, 2.05) is 25.1 Å². The maximum Gasteiger partial charge on any atom is 0.328 e. The minimum Gasteiger partial charge on any atom is -0.478 e. The van der Waals surface area contributed by atoms with Crippen LogP contribution in [0.1, 0.15) is 24.0 Å². The van der Waals surface area contributed by atoms with E-state index < -0.39 is 5.97 Å². The van der Waals surface area contributed by atoms with Crippen molar-refractivity contribution in [3.8, 4) is 0 Å². The molecule has 0 saturated carbocycles. The van der Waals surface area contributed by atoms with Gasteiger partial charge in [0.05, 0.1) is 0 Å². The molecule has 1 heterocycles. The summed E-state index contributed by atoms with van der Waals surface area (Å²) in [6.45, 7) is 2.70. The van der Waals surface area contributed by atoms with Gasteiger partial charge in [0.2, 0.25) is 5.91 Å². The SMILES string of the molecule is Cc1cc(/C=C/C(=O)O)ccc1N1CCCC1=O. The molecule has 0 spiro atoms. The third kappa shape index (κ3) is 2.59. The lowest BCUT2D eigenvalue weighted by molar-refractivity contribution is -0.131. The Morgan fingerprint density at radius 3 is 2.78 bits per heavy atom. The van der Waals surface area contributed by atoms with Crippen LogP contribution in [-0.4, -0.2) is 23.5 Å². The van der Waals surface area contributed by atoms with E-state index in [0.717, 1.165) is 35.9 Å². The van der Waals surface area contributed by atoms with Crippen molar-refractivity contribution in [2.75, 3.05) is 11.4 Å². The van der Waals surface area contributed by atoms with Crippen molar-refractivity contribution >= 4 is 23.6 Å². The first-order valence-electron chi connectivity index (χ1n) is 5.90. The second-order valence-electron chi connectivity index (χ2n) is 4.37. The Morgan fingerprint density at radius 1 is 1.44 bits per heavy atom. The maximum absolute atomic E-state index is 11.7. The molecule has 0 bridgehead atoms. The number of hydrogen-bond acceptors (Lipinski definition) is 2. The number of rotatable bonds is 3. The number of hydrogen-bond donors (Lipinski definition) is 1. The van der Waals surface area contributed by atoms with Crippen molar-refractivity contribution in [3.63, 3.8) is 0 Å². The van der Waals surface area contributed by atoms with Crippen molar-refractivity contribution in [2.24, 2.45) is 0 Å². The minimum atomic E-state index is -0.966. The number of carboxylic acids is 1. The predicted octanol–water partition coefficient (Wildman–Crippen LogP) is 2.22. The first-order chi connectivity index (χ1) is 8.58. The minimum absolute atomic E-state index is 0.159. The lowest BCUT2D eigenvalue weighted by Gasteiger charge is -2.18. The summed E-state index contributed by atoms with van der Waals surface area (Å²) < 4.78 is 0. The molecule has 1 aliphatic heterocycles. The summed E-state index contributed by atoms with van der Waals surface area (Å²) in [6.07, 6.45) is 4.17. The van der Waals surface area contributed by atoms with Gasteiger partial charge in [0, 0.05) is 24.7 Å². The van der Waals surface area contributed by atoms with Crippen LogP contribution in [0.5, 0.6) is 0 Å². The Morgan fingerprint density at radius 2 is 2.22 bits per heavy atom. The number of nitrogens with zero attached hydrogens (tertiary/aromatic N) is 1. The van der Waals surface area contributed by atoms with E-state index in [0.29, 0.717) is 6.42 Å². The topological polar surface area (TPSA) is 57.6 Å². The van der Waals surface area contributed by atoms with Crippen LogP contribution in [0.25, 0.3) is 6.08 Å². The van der Waals surface area contributed by atoms with E-state index in [1.54, 1.807) is 11.0 Å². The second-order valence-corrected chi connectivity index (χ2v) is 4.37. The van der Waals surface area contributed by atoms with Gasteiger partial charge in [-0.25, -0.2) is 4.79 Å². The maximum atomic E-state index is 11.7. The number of amides is 1. The van der Waals surface area contributed by atoms with Crippen LogP contribution in [0.3, 0.4) is 0 Å². The number of anilines is 1. The van der Waals surface area contributed by atoms with Crippen LogP contribution in [-0.2, 0) is 9.59 Å². The van der Waals surface area contributed by atoms with Crippen LogP contribution in [0.15, 0.2) is 24.3 Å². The quantitative estimate of drug-likeness (QED) is 0.831. The summed E-state index contributed by atoms with van der Waals surface area (Å²) in [7, 11) is 0. The molecule has 94 valence electrons. The molecule has 2 rings (SSSR count). The molecule has 1 aliphatic rings. The van der Waals surface area contributed by atoms with E-state index in [2.05, 4.69) is 0 Å². The van der Waals surface area contributed by atoms with Crippen LogP contribution >= 0.6 is 0 Å². The molecule has 1 saturated heterocycles. The molecule has 0 aliphatic carbocycles. The number of carbonyl (C=O) groups excluding carboxylic acids is 1. The van der Waals surface area contributed by atoms with Crippen molar-refractivity contribution < 1.29 is 14.7 Å². The second kappa shape index (κ2) is 5.04. The summed E-state index contributed by atoms with van der Waals surface area (Å²) in [4.78, 5) is 23.9. The lowest BCUT2D eigenvalue weighted by Crippen LogP contribution is -2.24. The third-order valence-electron chi connectivity index (χ3n) is 3.00. The van der Waals surface area contributed by atoms with E-state index in [4.69, 9.17) is 5.11 Å². The number of benzene rings is 1. The predicted molar refractivity (Wildman–Crippen MR) is 69.4 cm³/mol. The Kier molecular flexibility index (Phi) is 3.46. The standard InChI is InChI=1S/C14H15NO3/c1-10-9-11(5-7-14(17)18)4-6-12(10)15-8-2-3-13(15)16/h4-7,9H,2-3,8H2,1H3,(H,17,18)/b7-5+. The lowest BCUT2D eigenvalue weighted by atomic mass is 10.1. The van der Waals surface area contributed by atoms with Gasteiger partial charge >= 0.3 is 5.97 Å². The summed E-state index contributed by atoms with van der Waals surface area (Å²) in [5.74, 6) is -0.807. The monoisotopic (exact) mass is 245 g/mol. The Bertz CT molecular complexity index is 520. The molecule has 1 aromatic carbocycles. The van der Waals surface area contributed by atoms with Crippen LogP contribution in [0, 0.1) is 6.92 Å². The van der Waals surface area contributed by atoms with Gasteiger partial charge in [0.1, 0.15) is 0 Å². The first-order valence-corrected chi connectivity index (χ1v) is 5.90. The highest BCUT2D eigenvalue weighted by Gasteiger charge is 2.22. The van der Waals surface area contributed by atoms with E-state index in [1.165, 1.54) is 0 Å². The van der Waals surface area contributed by atoms with Crippen molar-refractivity contribution in [2.45, 2.75) is 19.8 Å². The summed E-state index contributed by atoms with van der Waals surface area (Å²) in [5.41, 5.74) is 2.73. The highest BCUT2D eigenvalue weighted by molar-refractivity contribution is 5.96. The number of aliphatic carboxylic acids is 1. The summed E-state index contributed by atoms with van der Waals surface area (Å²) in [5, 5.41) is 8.57. The molecule has 0 unspecified atom stereocenters. The van der Waals surface area contributed by atoms with Gasteiger partial charge in [0.25, 0.3) is 0 Å². The van der Waals surface area contributed by atoms with Gasteiger partial charge < -0.3 is 10.0 Å². The van der Waals surface area contributed by atoms with Crippen LogP contribution < -0.4 is 4.90 Å². The van der Waals surface area contributed by atoms with Gasteiger partial charge in [-0.05, 0) is 42.7 Å². The Labute approximate surface area is 106 Å². The smallest absolute Gasteiger partial charge is 0.328 e. The molecule has 1 fully saturated rings. The van der Waals surface area contributed by atoms with Gasteiger partial charge in [-0.2, -0.15) is 0 Å². The van der Waals surface area contributed by atoms with Crippen molar-refractivity contribution in [1.82, 2.24) is 0 Å². The van der Waals surface area contributed by atoms with Crippen molar-refractivity contribution in [1.29, 1.82) is 0 Å². The molecule has 1 amide bonds. The average Bonchev–Trinajstić information content (AvgIpc) is 2.73. The average molecular weight is 245 g/mol. The number of carbonyl (C=O) groups is 2. The molecule has 0 atom stereocenters. The zero-order valence-electron chi connectivity index (χ0n) is 10.2. The fourth-order valence-corrected chi connectivity index (χ4v) is 2.16. The van der Waals surface area contributed by atoms with E-state index in [-0.39, 0.29) is 5.91 Å². The largest absolute Gasteiger partial charge is 0.478 e. The van der Waals surface area contributed by atoms with Crippen LogP contribution in [0.2, 0.25) is 0 Å². The fraction of sp³-hybridized carbons (Fsp3) is 0.286. The number of carboxylic acid groups (broad SMARTS) is 1. The normalized spacial score (nSPS) is 15.6. The molecular formula is C14H15NO3. The van der Waals surface area contributed by atoms with E-state index >= 15 is 0 Å². The molecular weight excluding hydrogens is 230 g/mol. The van der Waals surface area contributed by atoms with Gasteiger partial charge in [-0.3, -0.25) is 4.79 Å². The molecule has 1 N–H and O–H groups in total. The van der Waals surface area contributed by atoms with Crippen LogP contribution in [0.4, 0.5) is 5.69 Å². The van der Waals surface area contributed by atoms with Gasteiger partial charge in [-0.1, -0.05) is 6.07 Å². The highest BCUT2D eigenvalue weighted by Crippen LogP contribution is 2.26. The van der Waals surface area contributed by atoms with E-state index in [9.17, 15) is 9.59 Å². The Hall–Kier alpha value is -2.10. The molecule has 4 nitrogen and oxygen atoms in total. The Balaban J connectivity index is 2.25. The summed E-state index contributed by atoms with van der Waals surface area (Å²) >= 11 is 0. The van der Waals surface area contributed by atoms with Gasteiger partial charge in [0.15, 0.2) is 0 Å². The molecule has 4 heteroatoms. The first kappa shape index (κ1) is 12.4. The van der Waals surface area contributed by atoms with Gasteiger partial charge in [-0.15, -0.1) is 0 Å². The molecule has 0 aromatic heterocycles. The molecule has 1 aromatic rings. The molecule has 0 radical (unpaired) electrons. The molecule has 18 heavy (non-hydrogen) atoms. The van der Waals surface area contributed by atoms with Crippen molar-refractivity contribution in [3.05, 3.63) is 35.4 Å². The fourth-order valence-electron chi connectivity index (χ4n) is 2.16. The zero-order chi connectivity index (χ0) is 13.1. The summed E-state index contributed by atoms with van der Waals surface area (Å²) in [6, 6.07) is 5.59. The highest BCUT2D eigenvalue weighted by atomic mass is 16.4. The zero-order valence-corrected chi connectivity index (χ0v) is 10.2.